The molecule has 1 aromatic rings. The summed E-state index contributed by atoms with van der Waals surface area (Å²) in [5.74, 6) is 1.81. The number of guanidine groups is 1. The zero-order chi connectivity index (χ0) is 16.9. The van der Waals surface area contributed by atoms with Crippen LogP contribution in [0.25, 0.3) is 0 Å². The van der Waals surface area contributed by atoms with Gasteiger partial charge in [0.15, 0.2) is 5.96 Å². The van der Waals surface area contributed by atoms with Crippen LogP contribution in [0.15, 0.2) is 27.8 Å². The monoisotopic (exact) mass is 324 g/mol. The second kappa shape index (κ2) is 12.0. The maximum absolute atomic E-state index is 5.62. The molecule has 2 N–H and O–H groups in total. The van der Waals surface area contributed by atoms with E-state index in [4.69, 9.17) is 14.1 Å². The van der Waals surface area contributed by atoms with Gasteiger partial charge in [-0.05, 0) is 38.6 Å². The fraction of sp³-hybridized carbons (Fsp3) is 0.706. The number of aliphatic imine (C=N–C) groups is 1. The molecule has 6 nitrogen and oxygen atoms in total. The number of hydrogen-bond acceptors (Lipinski definition) is 4. The fourth-order valence-electron chi connectivity index (χ4n) is 2.47. The van der Waals surface area contributed by atoms with E-state index in [1.165, 1.54) is 0 Å². The van der Waals surface area contributed by atoms with Crippen molar-refractivity contribution in [2.24, 2.45) is 4.99 Å². The molecule has 1 unspecified atom stereocenters. The van der Waals surface area contributed by atoms with Crippen LogP contribution in [0.5, 0.6) is 0 Å². The molecule has 0 aliphatic heterocycles. The Labute approximate surface area is 140 Å². The van der Waals surface area contributed by atoms with Gasteiger partial charge in [-0.2, -0.15) is 0 Å². The van der Waals surface area contributed by atoms with Crippen LogP contribution >= 0.6 is 0 Å². The van der Waals surface area contributed by atoms with Crippen LogP contribution in [-0.4, -0.2) is 57.3 Å². The minimum absolute atomic E-state index is 0.162. The Kier molecular flexibility index (Phi) is 10.2. The first-order valence-corrected chi connectivity index (χ1v) is 8.55. The summed E-state index contributed by atoms with van der Waals surface area (Å²) >= 11 is 0. The minimum atomic E-state index is 0.162. The van der Waals surface area contributed by atoms with E-state index in [2.05, 4.69) is 36.3 Å². The highest BCUT2D eigenvalue weighted by Crippen LogP contribution is 2.21. The van der Waals surface area contributed by atoms with E-state index >= 15 is 0 Å². The Morgan fingerprint density at radius 3 is 2.65 bits per heavy atom. The van der Waals surface area contributed by atoms with Crippen molar-refractivity contribution < 1.29 is 9.15 Å². The van der Waals surface area contributed by atoms with Crippen LogP contribution in [0.2, 0.25) is 0 Å². The smallest absolute Gasteiger partial charge is 0.191 e. The number of nitrogens with zero attached hydrogens (tertiary/aromatic N) is 2. The van der Waals surface area contributed by atoms with E-state index in [0.29, 0.717) is 6.54 Å². The molecule has 0 bridgehead atoms. The molecule has 0 aliphatic carbocycles. The number of methoxy groups -OCH3 is 1. The Bertz CT molecular complexity index is 416. The predicted octanol–water partition coefficient (Wildman–Crippen LogP) is 2.25. The summed E-state index contributed by atoms with van der Waals surface area (Å²) < 4.78 is 10.7. The molecule has 6 heteroatoms. The third-order valence-electron chi connectivity index (χ3n) is 3.71. The summed E-state index contributed by atoms with van der Waals surface area (Å²) in [6.45, 7) is 11.4. The minimum Gasteiger partial charge on any atom is -0.468 e. The van der Waals surface area contributed by atoms with Gasteiger partial charge in [0.25, 0.3) is 0 Å². The van der Waals surface area contributed by atoms with Crippen LogP contribution in [0.4, 0.5) is 0 Å². The van der Waals surface area contributed by atoms with Crippen LogP contribution in [0.3, 0.4) is 0 Å². The molecule has 0 aliphatic rings. The van der Waals surface area contributed by atoms with Crippen molar-refractivity contribution in [3.05, 3.63) is 24.2 Å². The van der Waals surface area contributed by atoms with Crippen molar-refractivity contribution in [3.63, 3.8) is 0 Å². The van der Waals surface area contributed by atoms with Crippen LogP contribution in [0, 0.1) is 0 Å². The van der Waals surface area contributed by atoms with Gasteiger partial charge in [0.05, 0.1) is 18.8 Å². The molecule has 132 valence electrons. The van der Waals surface area contributed by atoms with Gasteiger partial charge in [-0.3, -0.25) is 9.89 Å². The zero-order valence-electron chi connectivity index (χ0n) is 15.0. The quantitative estimate of drug-likeness (QED) is 0.371. The van der Waals surface area contributed by atoms with Crippen molar-refractivity contribution in [2.45, 2.75) is 33.2 Å². The molecule has 0 aromatic carbocycles. The molecule has 0 radical (unpaired) electrons. The van der Waals surface area contributed by atoms with Gasteiger partial charge in [-0.25, -0.2) is 0 Å². The highest BCUT2D eigenvalue weighted by atomic mass is 16.5. The summed E-state index contributed by atoms with van der Waals surface area (Å²) in [7, 11) is 1.72. The Morgan fingerprint density at radius 2 is 2.09 bits per heavy atom. The number of rotatable bonds is 11. The number of likely N-dealkylation sites (N-methyl/N-ethyl adjacent to an activating group) is 1. The van der Waals surface area contributed by atoms with Crippen molar-refractivity contribution in [1.82, 2.24) is 15.5 Å². The number of furan rings is 1. The SMILES string of the molecule is CCNC(=NCC(c1ccco1)N(CC)CC)NCCCOC. The average Bonchev–Trinajstić information content (AvgIpc) is 3.09. The molecule has 0 saturated carbocycles. The first-order chi connectivity index (χ1) is 11.3. The molecule has 0 spiro atoms. The average molecular weight is 324 g/mol. The van der Waals surface area contributed by atoms with Crippen LogP contribution in [-0.2, 0) is 4.74 Å². The Hall–Kier alpha value is -1.53. The van der Waals surface area contributed by atoms with E-state index in [1.807, 2.05) is 12.1 Å². The second-order valence-corrected chi connectivity index (χ2v) is 5.25. The van der Waals surface area contributed by atoms with Crippen molar-refractivity contribution in [1.29, 1.82) is 0 Å². The molecule has 1 rings (SSSR count). The number of nitrogens with one attached hydrogen (secondary N) is 2. The maximum Gasteiger partial charge on any atom is 0.191 e. The molecule has 1 atom stereocenters. The van der Waals surface area contributed by atoms with E-state index < -0.39 is 0 Å². The molecule has 0 fully saturated rings. The molecule has 23 heavy (non-hydrogen) atoms. The molecule has 0 amide bonds. The predicted molar refractivity (Wildman–Crippen MR) is 94.8 cm³/mol. The van der Waals surface area contributed by atoms with E-state index in [1.54, 1.807) is 13.4 Å². The van der Waals surface area contributed by atoms with Crippen molar-refractivity contribution in [2.75, 3.05) is 46.4 Å². The summed E-state index contributed by atoms with van der Waals surface area (Å²) in [6, 6.07) is 4.12. The summed E-state index contributed by atoms with van der Waals surface area (Å²) in [6.07, 6.45) is 2.68. The van der Waals surface area contributed by atoms with Crippen molar-refractivity contribution in [3.8, 4) is 0 Å². The van der Waals surface area contributed by atoms with Gasteiger partial charge >= 0.3 is 0 Å². The Balaban J connectivity index is 2.70. The lowest BCUT2D eigenvalue weighted by atomic mass is 10.2. The van der Waals surface area contributed by atoms with E-state index in [9.17, 15) is 0 Å². The second-order valence-electron chi connectivity index (χ2n) is 5.25. The summed E-state index contributed by atoms with van der Waals surface area (Å²) in [5, 5.41) is 6.62. The molecule has 1 aromatic heterocycles. The van der Waals surface area contributed by atoms with Gasteiger partial charge in [0, 0.05) is 26.8 Å². The van der Waals surface area contributed by atoms with Gasteiger partial charge < -0.3 is 19.8 Å². The fourth-order valence-corrected chi connectivity index (χ4v) is 2.47. The third kappa shape index (κ3) is 7.05. The highest BCUT2D eigenvalue weighted by molar-refractivity contribution is 5.79. The molecule has 1 heterocycles. The van der Waals surface area contributed by atoms with Gasteiger partial charge in [-0.15, -0.1) is 0 Å². The first-order valence-electron chi connectivity index (χ1n) is 8.55. The largest absolute Gasteiger partial charge is 0.468 e. The number of ether oxygens (including phenoxy) is 1. The molecule has 0 saturated heterocycles. The molecular weight excluding hydrogens is 292 g/mol. The van der Waals surface area contributed by atoms with Gasteiger partial charge in [0.2, 0.25) is 0 Å². The van der Waals surface area contributed by atoms with E-state index in [0.717, 1.165) is 50.9 Å². The van der Waals surface area contributed by atoms with E-state index in [-0.39, 0.29) is 6.04 Å². The third-order valence-corrected chi connectivity index (χ3v) is 3.71. The zero-order valence-corrected chi connectivity index (χ0v) is 15.0. The highest BCUT2D eigenvalue weighted by Gasteiger charge is 2.20. The molecular formula is C17H32N4O2. The summed E-state index contributed by atoms with van der Waals surface area (Å²) in [4.78, 5) is 7.09. The van der Waals surface area contributed by atoms with Gasteiger partial charge in [0.1, 0.15) is 5.76 Å². The summed E-state index contributed by atoms with van der Waals surface area (Å²) in [5.41, 5.74) is 0. The first kappa shape index (κ1) is 19.5. The Morgan fingerprint density at radius 1 is 1.30 bits per heavy atom. The van der Waals surface area contributed by atoms with Gasteiger partial charge in [-0.1, -0.05) is 13.8 Å². The maximum atomic E-state index is 5.62. The van der Waals surface area contributed by atoms with Crippen LogP contribution in [0.1, 0.15) is 39.0 Å². The lowest BCUT2D eigenvalue weighted by Crippen LogP contribution is -2.39. The topological polar surface area (TPSA) is 62.0 Å². The normalized spacial score (nSPS) is 13.3. The van der Waals surface area contributed by atoms with Crippen LogP contribution < -0.4 is 10.6 Å². The number of hydrogen-bond donors (Lipinski definition) is 2. The van der Waals surface area contributed by atoms with Crippen molar-refractivity contribution >= 4 is 5.96 Å². The lowest BCUT2D eigenvalue weighted by molar-refractivity contribution is 0.195. The lowest BCUT2D eigenvalue weighted by Gasteiger charge is -2.27. The standard InChI is InChI=1S/C17H32N4O2/c1-5-18-17(19-11-9-12-22-4)20-14-15(21(6-2)7-3)16-10-8-13-23-16/h8,10,13,15H,5-7,9,11-12,14H2,1-4H3,(H2,18,19,20).